The third-order valence-electron chi connectivity index (χ3n) is 3.10. The molecule has 0 saturated carbocycles. The molecule has 0 bridgehead atoms. The van der Waals surface area contributed by atoms with Crippen LogP contribution in [0.5, 0.6) is 5.75 Å². The molecular formula is C15H10FNO3. The van der Waals surface area contributed by atoms with E-state index in [-0.39, 0.29) is 5.70 Å². The molecular weight excluding hydrogens is 261 g/mol. The second-order valence-electron chi connectivity index (χ2n) is 4.42. The first-order valence-electron chi connectivity index (χ1n) is 6.02. The van der Waals surface area contributed by atoms with E-state index in [0.29, 0.717) is 16.9 Å². The van der Waals surface area contributed by atoms with E-state index in [2.05, 4.69) is 0 Å². The van der Waals surface area contributed by atoms with Gasteiger partial charge in [0.25, 0.3) is 5.70 Å². The van der Waals surface area contributed by atoms with Crippen molar-refractivity contribution < 1.29 is 14.1 Å². The number of hydrogen-bond donors (Lipinski definition) is 0. The molecule has 4 nitrogen and oxygen atoms in total. The molecule has 1 aliphatic rings. The predicted octanol–water partition coefficient (Wildman–Crippen LogP) is 3.58. The van der Waals surface area contributed by atoms with Gasteiger partial charge in [-0.2, -0.15) is 0 Å². The van der Waals surface area contributed by atoms with Crippen LogP contribution in [0.1, 0.15) is 17.2 Å². The summed E-state index contributed by atoms with van der Waals surface area (Å²) < 4.78 is 19.0. The van der Waals surface area contributed by atoms with Crippen LogP contribution in [0.15, 0.2) is 54.2 Å². The summed E-state index contributed by atoms with van der Waals surface area (Å²) in [6, 6.07) is 12.7. The van der Waals surface area contributed by atoms with E-state index >= 15 is 0 Å². The SMILES string of the molecule is O=[N+]([O-])C1=Cc2ccccc2OC1c1cccc(F)c1. The van der Waals surface area contributed by atoms with E-state index in [1.54, 1.807) is 30.3 Å². The maximum atomic E-state index is 13.3. The van der Waals surface area contributed by atoms with Crippen LogP contribution >= 0.6 is 0 Å². The van der Waals surface area contributed by atoms with Gasteiger partial charge in [0.1, 0.15) is 11.6 Å². The van der Waals surface area contributed by atoms with E-state index in [0.717, 1.165) is 0 Å². The van der Waals surface area contributed by atoms with Crippen molar-refractivity contribution in [3.05, 3.63) is 81.3 Å². The topological polar surface area (TPSA) is 52.4 Å². The number of halogens is 1. The molecule has 0 spiro atoms. The molecule has 0 saturated heterocycles. The van der Waals surface area contributed by atoms with Gasteiger partial charge in [0, 0.05) is 17.2 Å². The van der Waals surface area contributed by atoms with E-state index in [1.807, 2.05) is 0 Å². The minimum absolute atomic E-state index is 0.102. The zero-order valence-corrected chi connectivity index (χ0v) is 10.3. The highest BCUT2D eigenvalue weighted by molar-refractivity contribution is 5.62. The molecule has 2 aromatic carbocycles. The molecule has 2 aromatic rings. The highest BCUT2D eigenvalue weighted by Crippen LogP contribution is 2.37. The molecule has 20 heavy (non-hydrogen) atoms. The lowest BCUT2D eigenvalue weighted by Crippen LogP contribution is -2.19. The quantitative estimate of drug-likeness (QED) is 0.619. The number of para-hydroxylation sites is 1. The number of nitro groups is 1. The zero-order chi connectivity index (χ0) is 14.1. The molecule has 0 N–H and O–H groups in total. The van der Waals surface area contributed by atoms with Gasteiger partial charge in [-0.3, -0.25) is 10.1 Å². The third-order valence-corrected chi connectivity index (χ3v) is 3.10. The lowest BCUT2D eigenvalue weighted by molar-refractivity contribution is -0.434. The molecule has 0 aliphatic carbocycles. The Morgan fingerprint density at radius 2 is 1.95 bits per heavy atom. The highest BCUT2D eigenvalue weighted by atomic mass is 19.1. The van der Waals surface area contributed by atoms with Crippen molar-refractivity contribution in [3.8, 4) is 5.75 Å². The molecule has 1 aliphatic heterocycles. The summed E-state index contributed by atoms with van der Waals surface area (Å²) in [5.41, 5.74) is 0.962. The Balaban J connectivity index is 2.10. The summed E-state index contributed by atoms with van der Waals surface area (Å²) in [5, 5.41) is 11.2. The highest BCUT2D eigenvalue weighted by Gasteiger charge is 2.33. The summed E-state index contributed by atoms with van der Waals surface area (Å²) in [7, 11) is 0. The lowest BCUT2D eigenvalue weighted by atomic mass is 10.0. The van der Waals surface area contributed by atoms with Crippen LogP contribution in [0.3, 0.4) is 0 Å². The first kappa shape index (κ1) is 12.3. The van der Waals surface area contributed by atoms with Crippen molar-refractivity contribution in [2.24, 2.45) is 0 Å². The Kier molecular flexibility index (Phi) is 2.95. The molecule has 1 atom stereocenters. The van der Waals surface area contributed by atoms with E-state index in [1.165, 1.54) is 24.3 Å². The van der Waals surface area contributed by atoms with E-state index in [4.69, 9.17) is 4.74 Å². The summed E-state index contributed by atoms with van der Waals surface area (Å²) in [6.07, 6.45) is 0.560. The monoisotopic (exact) mass is 271 g/mol. The van der Waals surface area contributed by atoms with Gasteiger partial charge in [-0.25, -0.2) is 4.39 Å². The van der Waals surface area contributed by atoms with Crippen LogP contribution < -0.4 is 4.74 Å². The normalized spacial score (nSPS) is 16.9. The van der Waals surface area contributed by atoms with Crippen LogP contribution in [-0.4, -0.2) is 4.92 Å². The van der Waals surface area contributed by atoms with E-state index < -0.39 is 16.8 Å². The maximum Gasteiger partial charge on any atom is 0.291 e. The van der Waals surface area contributed by atoms with Gasteiger partial charge in [0.2, 0.25) is 6.10 Å². The Bertz CT molecular complexity index is 712. The van der Waals surface area contributed by atoms with Crippen LogP contribution in [0.4, 0.5) is 4.39 Å². The average Bonchev–Trinajstić information content (AvgIpc) is 2.46. The van der Waals surface area contributed by atoms with Crippen molar-refractivity contribution in [1.29, 1.82) is 0 Å². The number of ether oxygens (including phenoxy) is 1. The molecule has 1 unspecified atom stereocenters. The number of rotatable bonds is 2. The molecule has 0 amide bonds. The van der Waals surface area contributed by atoms with E-state index in [9.17, 15) is 14.5 Å². The molecule has 0 fully saturated rings. The maximum absolute atomic E-state index is 13.3. The summed E-state index contributed by atoms with van der Waals surface area (Å²) >= 11 is 0. The average molecular weight is 271 g/mol. The summed E-state index contributed by atoms with van der Waals surface area (Å²) in [5.74, 6) is 0.0972. The minimum Gasteiger partial charge on any atom is -0.474 e. The van der Waals surface area contributed by atoms with Crippen LogP contribution in [0.25, 0.3) is 6.08 Å². The van der Waals surface area contributed by atoms with Crippen molar-refractivity contribution >= 4 is 6.08 Å². The predicted molar refractivity (Wildman–Crippen MR) is 71.2 cm³/mol. The molecule has 0 radical (unpaired) electrons. The molecule has 1 heterocycles. The molecule has 5 heteroatoms. The zero-order valence-electron chi connectivity index (χ0n) is 10.3. The smallest absolute Gasteiger partial charge is 0.291 e. The van der Waals surface area contributed by atoms with Crippen molar-refractivity contribution in [1.82, 2.24) is 0 Å². The van der Waals surface area contributed by atoms with Crippen LogP contribution in [-0.2, 0) is 0 Å². The molecule has 0 aromatic heterocycles. The van der Waals surface area contributed by atoms with Gasteiger partial charge in [-0.05, 0) is 18.2 Å². The Morgan fingerprint density at radius 3 is 2.70 bits per heavy atom. The fourth-order valence-corrected chi connectivity index (χ4v) is 2.19. The fraction of sp³-hybridized carbons (Fsp3) is 0.0667. The fourth-order valence-electron chi connectivity index (χ4n) is 2.19. The van der Waals surface area contributed by atoms with Crippen molar-refractivity contribution in [2.75, 3.05) is 0 Å². The number of fused-ring (bicyclic) bond motifs is 1. The van der Waals surface area contributed by atoms with Gasteiger partial charge in [-0.1, -0.05) is 30.3 Å². The minimum atomic E-state index is -0.907. The second kappa shape index (κ2) is 4.77. The van der Waals surface area contributed by atoms with Crippen molar-refractivity contribution in [2.45, 2.75) is 6.10 Å². The Morgan fingerprint density at radius 1 is 1.15 bits per heavy atom. The number of benzene rings is 2. The van der Waals surface area contributed by atoms with Crippen molar-refractivity contribution in [3.63, 3.8) is 0 Å². The summed E-state index contributed by atoms with van der Waals surface area (Å²) in [4.78, 5) is 10.7. The van der Waals surface area contributed by atoms with Crippen LogP contribution in [0, 0.1) is 15.9 Å². The van der Waals surface area contributed by atoms with Crippen LogP contribution in [0.2, 0.25) is 0 Å². The lowest BCUT2D eigenvalue weighted by Gasteiger charge is -2.22. The first-order chi connectivity index (χ1) is 9.65. The van der Waals surface area contributed by atoms with Gasteiger partial charge < -0.3 is 4.74 Å². The number of nitrogens with zero attached hydrogens (tertiary/aromatic N) is 1. The van der Waals surface area contributed by atoms with Gasteiger partial charge in [-0.15, -0.1) is 0 Å². The molecule has 100 valence electrons. The van der Waals surface area contributed by atoms with Gasteiger partial charge in [0.15, 0.2) is 0 Å². The number of hydrogen-bond acceptors (Lipinski definition) is 3. The summed E-state index contributed by atoms with van der Waals surface area (Å²) in [6.45, 7) is 0. The second-order valence-corrected chi connectivity index (χ2v) is 4.42. The first-order valence-corrected chi connectivity index (χ1v) is 6.02. The standard InChI is InChI=1S/C15H10FNO3/c16-12-6-3-5-11(8-12)15-13(17(18)19)9-10-4-1-2-7-14(10)20-15/h1-9,15H. The largest absolute Gasteiger partial charge is 0.474 e. The molecule has 3 rings (SSSR count). The third kappa shape index (κ3) is 2.14. The Hall–Kier alpha value is -2.69. The van der Waals surface area contributed by atoms with Gasteiger partial charge in [0.05, 0.1) is 4.92 Å². The Labute approximate surface area is 114 Å². The van der Waals surface area contributed by atoms with Gasteiger partial charge >= 0.3 is 0 Å².